The van der Waals surface area contributed by atoms with Crippen molar-refractivity contribution in [1.29, 1.82) is 0 Å². The van der Waals surface area contributed by atoms with E-state index < -0.39 is 5.69 Å². The number of rotatable bonds is 7. The molecule has 0 aliphatic carbocycles. The molecule has 0 amide bonds. The molecule has 3 heterocycles. The molecule has 0 saturated carbocycles. The van der Waals surface area contributed by atoms with E-state index >= 15 is 0 Å². The van der Waals surface area contributed by atoms with E-state index in [1.807, 2.05) is 18.4 Å². The van der Waals surface area contributed by atoms with E-state index in [1.54, 1.807) is 11.7 Å². The molecule has 0 aromatic carbocycles. The van der Waals surface area contributed by atoms with Crippen molar-refractivity contribution >= 4 is 11.2 Å². The van der Waals surface area contributed by atoms with E-state index in [4.69, 9.17) is 4.74 Å². The average Bonchev–Trinajstić information content (AvgIpc) is 3.27. The van der Waals surface area contributed by atoms with Crippen LogP contribution in [-0.2, 0) is 37.7 Å². The van der Waals surface area contributed by atoms with E-state index in [9.17, 15) is 9.59 Å². The molecule has 0 atom stereocenters. The number of fused-ring (bicyclic) bond motifs is 1. The van der Waals surface area contributed by atoms with Crippen LogP contribution in [0.3, 0.4) is 0 Å². The molecule has 0 fully saturated rings. The lowest BCUT2D eigenvalue weighted by atomic mass is 10.3. The maximum atomic E-state index is 13.1. The first-order valence-corrected chi connectivity index (χ1v) is 9.25. The van der Waals surface area contributed by atoms with Crippen LogP contribution < -0.4 is 11.2 Å². The van der Waals surface area contributed by atoms with Crippen molar-refractivity contribution in [2.45, 2.75) is 46.7 Å². The Balaban J connectivity index is 2.36. The van der Waals surface area contributed by atoms with E-state index in [0.717, 1.165) is 24.2 Å². The number of imidazole rings is 1. The maximum absolute atomic E-state index is 13.1. The quantitative estimate of drug-likeness (QED) is 0.612. The smallest absolute Gasteiger partial charge is 0.332 e. The van der Waals surface area contributed by atoms with Crippen LogP contribution >= 0.6 is 0 Å². The van der Waals surface area contributed by atoms with Gasteiger partial charge in [-0.1, -0.05) is 13.8 Å². The monoisotopic (exact) mass is 374 g/mol. The number of aryl methyl sites for hydroxylation is 4. The van der Waals surface area contributed by atoms with Gasteiger partial charge in [0.05, 0.1) is 18.8 Å². The molecule has 9 nitrogen and oxygen atoms in total. The average molecular weight is 374 g/mol. The first-order chi connectivity index (χ1) is 13.0. The lowest BCUT2D eigenvalue weighted by Crippen LogP contribution is -2.40. The predicted molar refractivity (Wildman–Crippen MR) is 103 cm³/mol. The SMILES string of the molecule is CCc1cc(CC)n(-c2nc3c(c(=O)n(CCOC)c(=O)n3C)n2CC)n1. The summed E-state index contributed by atoms with van der Waals surface area (Å²) >= 11 is 0. The first kappa shape index (κ1) is 19.1. The summed E-state index contributed by atoms with van der Waals surface area (Å²) in [5.74, 6) is 0.556. The maximum Gasteiger partial charge on any atom is 0.332 e. The van der Waals surface area contributed by atoms with E-state index in [-0.39, 0.29) is 18.7 Å². The summed E-state index contributed by atoms with van der Waals surface area (Å²) in [6.07, 6.45) is 1.60. The minimum absolute atomic E-state index is 0.199. The Kier molecular flexibility index (Phi) is 5.31. The van der Waals surface area contributed by atoms with Gasteiger partial charge >= 0.3 is 5.69 Å². The van der Waals surface area contributed by atoms with Gasteiger partial charge < -0.3 is 9.30 Å². The lowest BCUT2D eigenvalue weighted by molar-refractivity contribution is 0.184. The molecule has 3 aromatic heterocycles. The zero-order valence-corrected chi connectivity index (χ0v) is 16.5. The molecule has 0 bridgehead atoms. The number of aromatic nitrogens is 6. The van der Waals surface area contributed by atoms with Gasteiger partial charge in [-0.05, 0) is 25.8 Å². The van der Waals surface area contributed by atoms with Crippen molar-refractivity contribution in [2.24, 2.45) is 7.05 Å². The predicted octanol–water partition coefficient (Wildman–Crippen LogP) is 0.873. The Hall–Kier alpha value is -2.68. The van der Waals surface area contributed by atoms with Gasteiger partial charge in [0.1, 0.15) is 0 Å². The Morgan fingerprint density at radius 2 is 1.85 bits per heavy atom. The van der Waals surface area contributed by atoms with Crippen LogP contribution in [0.15, 0.2) is 15.7 Å². The van der Waals surface area contributed by atoms with Crippen molar-refractivity contribution < 1.29 is 4.74 Å². The van der Waals surface area contributed by atoms with Gasteiger partial charge in [0.25, 0.3) is 5.56 Å². The number of hydrogen-bond donors (Lipinski definition) is 0. The van der Waals surface area contributed by atoms with E-state index in [2.05, 4.69) is 23.1 Å². The third kappa shape index (κ3) is 3.01. The molecular formula is C18H26N6O3. The van der Waals surface area contributed by atoms with Crippen LogP contribution in [0, 0.1) is 0 Å². The van der Waals surface area contributed by atoms with Crippen LogP contribution in [0.5, 0.6) is 0 Å². The summed E-state index contributed by atoms with van der Waals surface area (Å²) in [5, 5.41) is 4.64. The molecule has 0 spiro atoms. The van der Waals surface area contributed by atoms with E-state index in [0.29, 0.717) is 23.7 Å². The molecule has 3 rings (SSSR count). The standard InChI is InChI=1S/C18H26N6O3/c1-6-12-11-13(7-2)24(20-12)17-19-15-14(22(17)8-3)16(25)23(9-10-27-5)18(26)21(15)4/h11H,6-10H2,1-5H3. The largest absolute Gasteiger partial charge is 0.383 e. The highest BCUT2D eigenvalue weighted by Crippen LogP contribution is 2.18. The molecule has 27 heavy (non-hydrogen) atoms. The van der Waals surface area contributed by atoms with Crippen molar-refractivity contribution in [3.05, 3.63) is 38.3 Å². The van der Waals surface area contributed by atoms with Gasteiger partial charge in [0.15, 0.2) is 11.2 Å². The second-order valence-corrected chi connectivity index (χ2v) is 6.37. The molecule has 0 saturated heterocycles. The van der Waals surface area contributed by atoms with Crippen molar-refractivity contribution in [3.8, 4) is 5.95 Å². The highest BCUT2D eigenvalue weighted by Gasteiger charge is 2.22. The lowest BCUT2D eigenvalue weighted by Gasteiger charge is -2.09. The molecule has 0 unspecified atom stereocenters. The number of nitrogens with zero attached hydrogens (tertiary/aromatic N) is 6. The zero-order chi connectivity index (χ0) is 19.7. The van der Waals surface area contributed by atoms with Crippen LogP contribution in [0.4, 0.5) is 0 Å². The van der Waals surface area contributed by atoms with E-state index in [1.165, 1.54) is 16.2 Å². The second kappa shape index (κ2) is 7.51. The molecule has 3 aromatic rings. The van der Waals surface area contributed by atoms with Crippen molar-refractivity contribution in [3.63, 3.8) is 0 Å². The first-order valence-electron chi connectivity index (χ1n) is 9.25. The summed E-state index contributed by atoms with van der Waals surface area (Å²) in [5.41, 5.74) is 2.00. The number of hydrogen-bond acceptors (Lipinski definition) is 5. The van der Waals surface area contributed by atoms with Crippen LogP contribution in [-0.4, -0.2) is 42.2 Å². The van der Waals surface area contributed by atoms with Gasteiger partial charge in [0.2, 0.25) is 5.95 Å². The number of methoxy groups -OCH3 is 1. The fraction of sp³-hybridized carbons (Fsp3) is 0.556. The van der Waals surface area contributed by atoms with Gasteiger partial charge in [-0.2, -0.15) is 10.1 Å². The third-order valence-electron chi connectivity index (χ3n) is 4.80. The Bertz CT molecular complexity index is 1090. The Labute approximate surface area is 156 Å². The van der Waals surface area contributed by atoms with Crippen LogP contribution in [0.2, 0.25) is 0 Å². The molecule has 0 aliphatic heterocycles. The zero-order valence-electron chi connectivity index (χ0n) is 16.5. The summed E-state index contributed by atoms with van der Waals surface area (Å²) < 4.78 is 11.3. The van der Waals surface area contributed by atoms with Crippen molar-refractivity contribution in [2.75, 3.05) is 13.7 Å². The van der Waals surface area contributed by atoms with Crippen LogP contribution in [0.1, 0.15) is 32.2 Å². The molecule has 146 valence electrons. The molecule has 0 radical (unpaired) electrons. The summed E-state index contributed by atoms with van der Waals surface area (Å²) in [7, 11) is 3.17. The van der Waals surface area contributed by atoms with Gasteiger partial charge in [-0.25, -0.2) is 9.48 Å². The van der Waals surface area contributed by atoms with Gasteiger partial charge in [-0.15, -0.1) is 0 Å². The van der Waals surface area contributed by atoms with Gasteiger partial charge in [-0.3, -0.25) is 13.9 Å². The highest BCUT2D eigenvalue weighted by molar-refractivity contribution is 5.72. The Morgan fingerprint density at radius 3 is 2.44 bits per heavy atom. The molecule has 9 heteroatoms. The van der Waals surface area contributed by atoms with Crippen molar-refractivity contribution in [1.82, 2.24) is 28.5 Å². The minimum atomic E-state index is -0.401. The topological polar surface area (TPSA) is 88.9 Å². The second-order valence-electron chi connectivity index (χ2n) is 6.37. The fourth-order valence-corrected chi connectivity index (χ4v) is 3.27. The fourth-order valence-electron chi connectivity index (χ4n) is 3.27. The molecular weight excluding hydrogens is 348 g/mol. The van der Waals surface area contributed by atoms with Crippen LogP contribution in [0.25, 0.3) is 17.1 Å². The van der Waals surface area contributed by atoms with Gasteiger partial charge in [0, 0.05) is 26.4 Å². The normalized spacial score (nSPS) is 11.6. The minimum Gasteiger partial charge on any atom is -0.383 e. The number of ether oxygens (including phenoxy) is 1. The molecule has 0 N–H and O–H groups in total. The summed E-state index contributed by atoms with van der Waals surface area (Å²) in [6, 6.07) is 2.05. The summed E-state index contributed by atoms with van der Waals surface area (Å²) in [4.78, 5) is 30.3. The third-order valence-corrected chi connectivity index (χ3v) is 4.80. The summed E-state index contributed by atoms with van der Waals surface area (Å²) in [6.45, 7) is 7.07. The Morgan fingerprint density at radius 1 is 1.11 bits per heavy atom. The highest BCUT2D eigenvalue weighted by atomic mass is 16.5. The molecule has 0 aliphatic rings.